The van der Waals surface area contributed by atoms with Crippen LogP contribution in [0.15, 0.2) is 6.20 Å². The highest BCUT2D eigenvalue weighted by Gasteiger charge is 2.59. The number of aldehydes is 1. The molecule has 5 atom stereocenters. The summed E-state index contributed by atoms with van der Waals surface area (Å²) in [5.74, 6) is -1.04. The van der Waals surface area contributed by atoms with Crippen molar-refractivity contribution in [2.75, 3.05) is 45.0 Å². The van der Waals surface area contributed by atoms with Gasteiger partial charge in [0.15, 0.2) is 53.5 Å². The summed E-state index contributed by atoms with van der Waals surface area (Å²) in [6, 6.07) is 0.673. The van der Waals surface area contributed by atoms with Gasteiger partial charge in [0, 0.05) is 27.8 Å². The molecule has 2 saturated heterocycles. The lowest BCUT2D eigenvalue weighted by molar-refractivity contribution is -0.207. The molecule has 3 aromatic rings. The standard InChI is InChI=1S/C34H54N9O12PSi/c1-9-51-56(47,52-10-2)34(20-48-5,16-25-38-40-41(39-25)21-49-14-15-57(6,7)8)50-19-24-27-28(55-33(3,4)54-27)31(53-24)43-30-23(17-35-43)29(36-26(18-44)37-30)42(32(45)46)22-12-11-13-22/h17-18,22,24,27-28,31H,9-16,19-21H2,1-8H3,(H,45,46)/t24-,27-,28-,31-,34?/m1/s1. The number of ether oxygens (including phenoxy) is 6. The van der Waals surface area contributed by atoms with E-state index in [1.54, 1.807) is 27.7 Å². The van der Waals surface area contributed by atoms with Gasteiger partial charge in [-0.2, -0.15) is 5.10 Å². The Balaban J connectivity index is 1.31. The number of aromatic nitrogens is 8. The van der Waals surface area contributed by atoms with Gasteiger partial charge in [-0.25, -0.2) is 19.4 Å². The van der Waals surface area contributed by atoms with Gasteiger partial charge in [-0.3, -0.25) is 14.3 Å². The van der Waals surface area contributed by atoms with Crippen molar-refractivity contribution in [2.24, 2.45) is 0 Å². The Bertz CT molecular complexity index is 1910. The van der Waals surface area contributed by atoms with Gasteiger partial charge in [0.1, 0.15) is 18.3 Å². The van der Waals surface area contributed by atoms with Gasteiger partial charge in [0.25, 0.3) is 0 Å². The number of rotatable bonds is 21. The lowest BCUT2D eigenvalue weighted by Gasteiger charge is -2.38. The van der Waals surface area contributed by atoms with Crippen LogP contribution >= 0.6 is 7.60 Å². The van der Waals surface area contributed by atoms with Crippen LogP contribution in [-0.4, -0.2) is 141 Å². The molecular weight excluding hydrogens is 785 g/mol. The van der Waals surface area contributed by atoms with E-state index in [0.29, 0.717) is 31.1 Å². The first-order valence-electron chi connectivity index (χ1n) is 19.2. The maximum absolute atomic E-state index is 14.8. The highest BCUT2D eigenvalue weighted by molar-refractivity contribution is 7.55. The van der Waals surface area contributed by atoms with E-state index < -0.39 is 57.4 Å². The predicted octanol–water partition coefficient (Wildman–Crippen LogP) is 4.26. The minimum absolute atomic E-state index is 0.0358. The fourth-order valence-electron chi connectivity index (χ4n) is 7.05. The maximum Gasteiger partial charge on any atom is 0.413 e. The van der Waals surface area contributed by atoms with Gasteiger partial charge >= 0.3 is 13.7 Å². The largest absolute Gasteiger partial charge is 0.465 e. The van der Waals surface area contributed by atoms with Crippen molar-refractivity contribution in [2.45, 2.75) is 128 Å². The smallest absolute Gasteiger partial charge is 0.413 e. The zero-order valence-corrected chi connectivity index (χ0v) is 35.6. The zero-order valence-electron chi connectivity index (χ0n) is 33.7. The summed E-state index contributed by atoms with van der Waals surface area (Å²) >= 11 is 0. The average molecular weight is 840 g/mol. The number of tetrazole rings is 1. The molecule has 6 rings (SSSR count). The monoisotopic (exact) mass is 839 g/mol. The molecule has 57 heavy (non-hydrogen) atoms. The number of fused-ring (bicyclic) bond motifs is 2. The Labute approximate surface area is 331 Å². The number of carbonyl (C=O) groups is 2. The van der Waals surface area contributed by atoms with Crippen LogP contribution in [0, 0.1) is 0 Å². The Hall–Kier alpha value is -3.31. The maximum atomic E-state index is 14.8. The quantitative estimate of drug-likeness (QED) is 0.0683. The van der Waals surface area contributed by atoms with Gasteiger partial charge in [0.2, 0.25) is 0 Å². The van der Waals surface area contributed by atoms with Crippen LogP contribution in [0.1, 0.15) is 69.6 Å². The van der Waals surface area contributed by atoms with Crippen LogP contribution in [-0.2, 0) is 55.2 Å². The molecule has 1 aliphatic carbocycles. The van der Waals surface area contributed by atoms with Gasteiger partial charge in [-0.1, -0.05) is 19.6 Å². The van der Waals surface area contributed by atoms with Crippen molar-refractivity contribution in [3.63, 3.8) is 0 Å². The SMILES string of the molecule is CCOP(=O)(OCC)C(COC)(Cc1nnn(COCC[Si](C)(C)C)n1)OC[C@H]1O[C@@H](n2ncc3c(N(C(=O)O)C4CCC4)nc(C=O)nc32)[C@@H]2OC(C)(C)O[C@@H]21. The first-order chi connectivity index (χ1) is 27.1. The van der Waals surface area contributed by atoms with Crippen LogP contribution < -0.4 is 4.90 Å². The van der Waals surface area contributed by atoms with Gasteiger partial charge < -0.3 is 42.6 Å². The molecule has 1 unspecified atom stereocenters. The predicted molar refractivity (Wildman–Crippen MR) is 204 cm³/mol. The molecule has 3 fully saturated rings. The van der Waals surface area contributed by atoms with E-state index in [4.69, 9.17) is 37.5 Å². The summed E-state index contributed by atoms with van der Waals surface area (Å²) in [5.41, 5.74) is 0.163. The van der Waals surface area contributed by atoms with E-state index in [1.807, 2.05) is 0 Å². The Morgan fingerprint density at radius 3 is 2.49 bits per heavy atom. The molecule has 23 heteroatoms. The van der Waals surface area contributed by atoms with Crippen LogP contribution in [0.5, 0.6) is 0 Å². The second kappa shape index (κ2) is 17.5. The summed E-state index contributed by atoms with van der Waals surface area (Å²) in [5, 5.41) is 26.1. The van der Waals surface area contributed by atoms with E-state index >= 15 is 0 Å². The minimum Gasteiger partial charge on any atom is -0.465 e. The second-order valence-corrected chi connectivity index (χ2v) is 23.8. The number of carbonyl (C=O) groups excluding carboxylic acids is 1. The molecule has 1 N–H and O–H groups in total. The van der Waals surface area contributed by atoms with Crippen LogP contribution in [0.3, 0.4) is 0 Å². The van der Waals surface area contributed by atoms with Crippen molar-refractivity contribution >= 4 is 44.9 Å². The lowest BCUT2D eigenvalue weighted by Crippen LogP contribution is -2.45. The third kappa shape index (κ3) is 9.29. The van der Waals surface area contributed by atoms with E-state index in [1.165, 1.54) is 27.7 Å². The van der Waals surface area contributed by atoms with Crippen molar-refractivity contribution in [3.8, 4) is 0 Å². The van der Waals surface area contributed by atoms with Crippen LogP contribution in [0.25, 0.3) is 11.0 Å². The summed E-state index contributed by atoms with van der Waals surface area (Å²) in [6.07, 6.45) is -0.671. The van der Waals surface area contributed by atoms with Gasteiger partial charge in [-0.05, 0) is 58.2 Å². The lowest BCUT2D eigenvalue weighted by atomic mass is 9.91. The average Bonchev–Trinajstić information content (AvgIpc) is 3.89. The number of amides is 1. The summed E-state index contributed by atoms with van der Waals surface area (Å²) in [4.78, 5) is 35.7. The second-order valence-electron chi connectivity index (χ2n) is 15.8. The first kappa shape index (κ1) is 43.3. The molecule has 1 amide bonds. The number of carboxylic acid groups (broad SMARTS) is 1. The van der Waals surface area contributed by atoms with E-state index in [-0.39, 0.29) is 68.7 Å². The van der Waals surface area contributed by atoms with Crippen molar-refractivity contribution < 1.29 is 56.7 Å². The number of methoxy groups -OCH3 is 1. The molecule has 0 radical (unpaired) electrons. The van der Waals surface area contributed by atoms with E-state index in [9.17, 15) is 19.3 Å². The fourth-order valence-corrected chi connectivity index (χ4v) is 9.89. The van der Waals surface area contributed by atoms with Crippen molar-refractivity contribution in [3.05, 3.63) is 17.8 Å². The molecule has 2 aliphatic heterocycles. The van der Waals surface area contributed by atoms with E-state index in [2.05, 4.69) is 50.1 Å². The molecule has 316 valence electrons. The number of nitrogens with zero attached hydrogens (tertiary/aromatic N) is 9. The molecular formula is C34H54N9O12PSi. The van der Waals surface area contributed by atoms with E-state index in [0.717, 1.165) is 12.5 Å². The highest BCUT2D eigenvalue weighted by Crippen LogP contribution is 2.62. The van der Waals surface area contributed by atoms with Gasteiger partial charge in [-0.15, -0.1) is 15.0 Å². The Morgan fingerprint density at radius 2 is 1.88 bits per heavy atom. The number of anilines is 1. The molecule has 21 nitrogen and oxygen atoms in total. The number of hydrogen-bond acceptors (Lipinski definition) is 17. The van der Waals surface area contributed by atoms with Crippen LogP contribution in [0.2, 0.25) is 25.7 Å². The molecule has 3 aliphatic rings. The topological polar surface area (TPSA) is 236 Å². The molecule has 0 spiro atoms. The van der Waals surface area contributed by atoms with Crippen molar-refractivity contribution in [1.82, 2.24) is 40.0 Å². The third-order valence-electron chi connectivity index (χ3n) is 9.91. The molecule has 1 saturated carbocycles. The van der Waals surface area contributed by atoms with Crippen molar-refractivity contribution in [1.29, 1.82) is 0 Å². The Kier molecular flexibility index (Phi) is 13.3. The number of hydrogen-bond donors (Lipinski definition) is 1. The molecule has 0 aromatic carbocycles. The zero-order chi connectivity index (χ0) is 41.2. The summed E-state index contributed by atoms with van der Waals surface area (Å²) < 4.78 is 65.3. The normalized spacial score (nSPS) is 23.4. The molecule has 0 bridgehead atoms. The van der Waals surface area contributed by atoms with Crippen LogP contribution in [0.4, 0.5) is 10.6 Å². The molecule has 5 heterocycles. The minimum atomic E-state index is -4.16. The summed E-state index contributed by atoms with van der Waals surface area (Å²) in [7, 11) is -4.03. The molecule has 3 aromatic heterocycles. The first-order valence-corrected chi connectivity index (χ1v) is 24.4. The fraction of sp³-hybridized carbons (Fsp3) is 0.765. The summed E-state index contributed by atoms with van der Waals surface area (Å²) in [6.45, 7) is 13.9. The Morgan fingerprint density at radius 1 is 1.16 bits per heavy atom. The highest BCUT2D eigenvalue weighted by atomic mass is 31.2. The van der Waals surface area contributed by atoms with Gasteiger partial charge in [0.05, 0.1) is 44.4 Å². The third-order valence-corrected chi connectivity index (χ3v) is 14.2.